The quantitative estimate of drug-likeness (QED) is 0.0241. The SMILES string of the molecule is CC/C=C\C/C=C\C/C=C\C/C=C\C/C=C\C/C=C\CCCCC(=O)NC(COC1OC(CO)C(OC2OC(CO)C(OC3OC(CO)C(O)C(O)C3O)C(O)C2O)C(O)C1O)C(O)/C=C/CC/C=C/CCCCCCCCCCCCC. The summed E-state index contributed by atoms with van der Waals surface area (Å²) in [5.41, 5.74) is 0. The van der Waals surface area contributed by atoms with Crippen molar-refractivity contribution in [3.8, 4) is 0 Å². The Morgan fingerprint density at radius 2 is 0.843 bits per heavy atom. The Bertz CT molecular complexity index is 1890. The molecule has 19 heteroatoms. The minimum Gasteiger partial charge on any atom is -0.394 e. The zero-order chi connectivity index (χ0) is 60.5. The van der Waals surface area contributed by atoms with E-state index in [0.29, 0.717) is 12.8 Å². The van der Waals surface area contributed by atoms with E-state index in [1.54, 1.807) is 6.08 Å². The maximum Gasteiger partial charge on any atom is 0.220 e. The Labute approximate surface area is 494 Å². The lowest BCUT2D eigenvalue weighted by Crippen LogP contribution is -2.66. The normalized spacial score (nSPS) is 30.1. The summed E-state index contributed by atoms with van der Waals surface area (Å²) in [6, 6.07) is -1.02. The van der Waals surface area contributed by atoms with Crippen LogP contribution in [0.3, 0.4) is 0 Å². The van der Waals surface area contributed by atoms with E-state index in [1.807, 2.05) is 6.08 Å². The minimum absolute atomic E-state index is 0.174. The largest absolute Gasteiger partial charge is 0.394 e. The number of amides is 1. The van der Waals surface area contributed by atoms with Crippen LogP contribution in [0.5, 0.6) is 0 Å². The van der Waals surface area contributed by atoms with Gasteiger partial charge in [-0.2, -0.15) is 0 Å². The summed E-state index contributed by atoms with van der Waals surface area (Å²) in [5.74, 6) is -0.332. The molecule has 19 nitrogen and oxygen atoms in total. The first kappa shape index (κ1) is 74.0. The Morgan fingerprint density at radius 1 is 0.446 bits per heavy atom. The summed E-state index contributed by atoms with van der Waals surface area (Å²) >= 11 is 0. The number of carbonyl (C=O) groups excluding carboxylic acids is 1. The number of nitrogens with one attached hydrogen (secondary N) is 1. The van der Waals surface area contributed by atoms with Gasteiger partial charge in [0.05, 0.1) is 38.6 Å². The van der Waals surface area contributed by atoms with Gasteiger partial charge in [-0.15, -0.1) is 0 Å². The van der Waals surface area contributed by atoms with E-state index in [0.717, 1.165) is 70.6 Å². The van der Waals surface area contributed by atoms with Gasteiger partial charge in [0.1, 0.15) is 73.2 Å². The fraction of sp³-hybridized carbons (Fsp3) is 0.734. The molecule has 0 aromatic heterocycles. The van der Waals surface area contributed by atoms with Crippen LogP contribution in [0.1, 0.15) is 168 Å². The van der Waals surface area contributed by atoms with Crippen molar-refractivity contribution in [2.75, 3.05) is 26.4 Å². The number of carbonyl (C=O) groups is 1. The average Bonchev–Trinajstić information content (AvgIpc) is 3.34. The fourth-order valence-electron chi connectivity index (χ4n) is 9.80. The molecule has 0 aromatic rings. The molecule has 1 amide bonds. The number of ether oxygens (including phenoxy) is 6. The van der Waals surface area contributed by atoms with Crippen LogP contribution in [-0.2, 0) is 33.2 Å². The number of aliphatic hydroxyl groups is 11. The van der Waals surface area contributed by atoms with E-state index < -0.39 is 131 Å². The van der Waals surface area contributed by atoms with Crippen molar-refractivity contribution in [1.82, 2.24) is 5.32 Å². The molecule has 0 radical (unpaired) electrons. The number of unbranched alkanes of at least 4 members (excludes halogenated alkanes) is 14. The molecule has 0 spiro atoms. The molecular formula is C64H107NO18. The molecule has 83 heavy (non-hydrogen) atoms. The number of hydrogen-bond acceptors (Lipinski definition) is 18. The predicted octanol–water partition coefficient (Wildman–Crippen LogP) is 6.15. The molecule has 3 fully saturated rings. The summed E-state index contributed by atoms with van der Waals surface area (Å²) in [4.78, 5) is 13.3. The van der Waals surface area contributed by atoms with Crippen molar-refractivity contribution in [2.45, 2.75) is 272 Å². The fourth-order valence-corrected chi connectivity index (χ4v) is 9.80. The minimum atomic E-state index is -1.99. The Kier molecular flexibility index (Phi) is 40.9. The highest BCUT2D eigenvalue weighted by molar-refractivity contribution is 5.76. The van der Waals surface area contributed by atoms with Crippen molar-refractivity contribution in [1.29, 1.82) is 0 Å². The van der Waals surface area contributed by atoms with Gasteiger partial charge in [0.2, 0.25) is 5.91 Å². The number of rotatable bonds is 44. The zero-order valence-electron chi connectivity index (χ0n) is 49.6. The molecule has 3 aliphatic heterocycles. The van der Waals surface area contributed by atoms with Gasteiger partial charge in [0, 0.05) is 6.42 Å². The van der Waals surface area contributed by atoms with Crippen LogP contribution < -0.4 is 5.32 Å². The summed E-state index contributed by atoms with van der Waals surface area (Å²) in [5, 5.41) is 120. The molecule has 12 N–H and O–H groups in total. The van der Waals surface area contributed by atoms with E-state index in [4.69, 9.17) is 28.4 Å². The zero-order valence-corrected chi connectivity index (χ0v) is 49.6. The molecule has 476 valence electrons. The maximum atomic E-state index is 13.3. The number of hydrogen-bond donors (Lipinski definition) is 12. The molecule has 17 atom stereocenters. The molecule has 3 aliphatic rings. The summed E-state index contributed by atoms with van der Waals surface area (Å²) < 4.78 is 34.2. The molecule has 3 saturated heterocycles. The molecule has 17 unspecified atom stereocenters. The molecule has 3 heterocycles. The van der Waals surface area contributed by atoms with Crippen LogP contribution in [0.25, 0.3) is 0 Å². The highest BCUT2D eigenvalue weighted by Gasteiger charge is 2.53. The van der Waals surface area contributed by atoms with Crippen LogP contribution in [0, 0.1) is 0 Å². The van der Waals surface area contributed by atoms with Gasteiger partial charge in [0.15, 0.2) is 18.9 Å². The van der Waals surface area contributed by atoms with Crippen LogP contribution in [-0.4, -0.2) is 193 Å². The second-order valence-electron chi connectivity index (χ2n) is 21.8. The molecule has 0 aliphatic carbocycles. The summed E-state index contributed by atoms with van der Waals surface area (Å²) in [7, 11) is 0. The Hall–Kier alpha value is -3.29. The lowest BCUT2D eigenvalue weighted by molar-refractivity contribution is -0.379. The smallest absolute Gasteiger partial charge is 0.220 e. The third-order valence-corrected chi connectivity index (χ3v) is 14.9. The van der Waals surface area contributed by atoms with E-state index in [1.165, 1.54) is 64.2 Å². The van der Waals surface area contributed by atoms with Crippen molar-refractivity contribution in [3.05, 3.63) is 97.2 Å². The average molecular weight is 1180 g/mol. The highest BCUT2D eigenvalue weighted by Crippen LogP contribution is 2.33. The first-order chi connectivity index (χ1) is 40.3. The molecule has 0 bridgehead atoms. The Morgan fingerprint density at radius 3 is 1.35 bits per heavy atom. The second kappa shape index (κ2) is 45.9. The van der Waals surface area contributed by atoms with Crippen molar-refractivity contribution in [3.63, 3.8) is 0 Å². The van der Waals surface area contributed by atoms with Crippen molar-refractivity contribution >= 4 is 5.91 Å². The summed E-state index contributed by atoms with van der Waals surface area (Å²) in [6.07, 6.45) is 31.0. The highest BCUT2D eigenvalue weighted by atomic mass is 16.8. The second-order valence-corrected chi connectivity index (χ2v) is 21.8. The molecular weight excluding hydrogens is 1070 g/mol. The number of allylic oxidation sites excluding steroid dienone is 15. The third-order valence-electron chi connectivity index (χ3n) is 14.9. The lowest BCUT2D eigenvalue weighted by Gasteiger charge is -2.48. The van der Waals surface area contributed by atoms with Crippen LogP contribution in [0.15, 0.2) is 97.2 Å². The molecule has 3 rings (SSSR count). The van der Waals surface area contributed by atoms with Crippen LogP contribution in [0.2, 0.25) is 0 Å². The van der Waals surface area contributed by atoms with Crippen LogP contribution in [0.4, 0.5) is 0 Å². The van der Waals surface area contributed by atoms with E-state index in [9.17, 15) is 61.0 Å². The Balaban J connectivity index is 1.53. The van der Waals surface area contributed by atoms with Gasteiger partial charge in [0.25, 0.3) is 0 Å². The van der Waals surface area contributed by atoms with Crippen molar-refractivity contribution in [2.24, 2.45) is 0 Å². The predicted molar refractivity (Wildman–Crippen MR) is 318 cm³/mol. The first-order valence-corrected chi connectivity index (χ1v) is 31.0. The topological polar surface area (TPSA) is 307 Å². The monoisotopic (exact) mass is 1180 g/mol. The lowest BCUT2D eigenvalue weighted by atomic mass is 9.96. The molecule has 0 saturated carbocycles. The maximum absolute atomic E-state index is 13.3. The van der Waals surface area contributed by atoms with E-state index in [-0.39, 0.29) is 12.3 Å². The standard InChI is InChI=1S/C64H107NO18/c1-3-5-7-9-11-13-15-17-19-21-22-23-24-26-28-30-32-34-36-38-40-42-52(70)65-47(48(69)41-39-37-35-33-31-29-27-25-20-18-16-14-12-10-8-6-4-2)46-78-62-58(76)55(73)60(50(44-67)80-62)83-64-59(77)56(74)61(51(45-68)81-64)82-63-57(75)54(72)53(71)49(43-66)79-63/h5,7,11,13,17,19,22-23,26,28,31-34,39,41,47-51,53-64,66-69,71-77H,3-4,6,8-10,12,14-16,18,20-21,24-25,27,29-30,35-38,40,42-46H2,1-2H3,(H,65,70)/b7-5-,13-11-,19-17-,23-22-,28-26-,33-31+,34-32-,41-39+. The van der Waals surface area contributed by atoms with Gasteiger partial charge >= 0.3 is 0 Å². The van der Waals surface area contributed by atoms with Gasteiger partial charge in [-0.05, 0) is 83.5 Å². The van der Waals surface area contributed by atoms with Crippen LogP contribution >= 0.6 is 0 Å². The third kappa shape index (κ3) is 29.3. The first-order valence-electron chi connectivity index (χ1n) is 31.0. The van der Waals surface area contributed by atoms with Crippen molar-refractivity contribution < 1.29 is 89.4 Å². The van der Waals surface area contributed by atoms with Gasteiger partial charge < -0.3 is 89.9 Å². The van der Waals surface area contributed by atoms with E-state index in [2.05, 4.69) is 104 Å². The molecule has 0 aromatic carbocycles. The summed E-state index contributed by atoms with van der Waals surface area (Å²) in [6.45, 7) is 1.53. The van der Waals surface area contributed by atoms with Gasteiger partial charge in [-0.1, -0.05) is 175 Å². The van der Waals surface area contributed by atoms with Gasteiger partial charge in [-0.25, -0.2) is 0 Å². The van der Waals surface area contributed by atoms with Gasteiger partial charge in [-0.3, -0.25) is 4.79 Å². The number of aliphatic hydroxyl groups excluding tert-OH is 11. The van der Waals surface area contributed by atoms with E-state index >= 15 is 0 Å².